The Morgan fingerprint density at radius 2 is 1.88 bits per heavy atom. The van der Waals surface area contributed by atoms with Crippen LogP contribution in [-0.2, 0) is 21.2 Å². The maximum Gasteiger partial charge on any atom is 0.244 e. The van der Waals surface area contributed by atoms with Gasteiger partial charge in [0, 0.05) is 12.6 Å². The third-order valence-electron chi connectivity index (χ3n) is 3.65. The predicted molar refractivity (Wildman–Crippen MR) is 103 cm³/mol. The van der Waals surface area contributed by atoms with Crippen molar-refractivity contribution in [3.05, 3.63) is 65.2 Å². The quantitative estimate of drug-likeness (QED) is 0.634. The number of nitrogens with zero attached hydrogens (tertiary/aromatic N) is 1. The fraction of sp³-hybridized carbons (Fsp3) is 0.111. The van der Waals surface area contributed by atoms with Crippen molar-refractivity contribution in [2.24, 2.45) is 5.14 Å². The summed E-state index contributed by atoms with van der Waals surface area (Å²) in [5.74, 6) is -0.203. The van der Waals surface area contributed by atoms with Crippen molar-refractivity contribution in [3.63, 3.8) is 0 Å². The molecule has 0 saturated heterocycles. The number of primary sulfonamides is 1. The number of fused-ring (bicyclic) bond motifs is 1. The van der Waals surface area contributed by atoms with E-state index >= 15 is 0 Å². The Morgan fingerprint density at radius 1 is 1.15 bits per heavy atom. The van der Waals surface area contributed by atoms with Gasteiger partial charge in [-0.05, 0) is 42.3 Å². The summed E-state index contributed by atoms with van der Waals surface area (Å²) >= 11 is 1.53. The highest BCUT2D eigenvalue weighted by Crippen LogP contribution is 2.22. The molecule has 0 atom stereocenters. The fourth-order valence-corrected chi connectivity index (χ4v) is 3.73. The zero-order chi connectivity index (χ0) is 18.6. The summed E-state index contributed by atoms with van der Waals surface area (Å²) in [5, 5.41) is 8.62. The molecule has 0 bridgehead atoms. The van der Waals surface area contributed by atoms with Crippen molar-refractivity contribution in [1.29, 1.82) is 0 Å². The van der Waals surface area contributed by atoms with Gasteiger partial charge in [-0.1, -0.05) is 24.3 Å². The molecule has 1 amide bonds. The molecule has 0 radical (unpaired) electrons. The van der Waals surface area contributed by atoms with Crippen LogP contribution >= 0.6 is 11.3 Å². The van der Waals surface area contributed by atoms with E-state index < -0.39 is 10.0 Å². The summed E-state index contributed by atoms with van der Waals surface area (Å²) in [6, 6.07) is 14.1. The first kappa shape index (κ1) is 18.2. The minimum absolute atomic E-state index is 0.0732. The van der Waals surface area contributed by atoms with Crippen molar-refractivity contribution < 1.29 is 13.2 Å². The third kappa shape index (κ3) is 4.75. The Morgan fingerprint density at radius 3 is 2.58 bits per heavy atom. The summed E-state index contributed by atoms with van der Waals surface area (Å²) < 4.78 is 23.5. The lowest BCUT2D eigenvalue weighted by Gasteiger charge is -2.04. The number of thiazole rings is 1. The second-order valence-electron chi connectivity index (χ2n) is 5.58. The molecule has 2 aromatic carbocycles. The van der Waals surface area contributed by atoms with Gasteiger partial charge in [-0.25, -0.2) is 18.5 Å². The van der Waals surface area contributed by atoms with E-state index in [1.165, 1.54) is 29.5 Å². The summed E-state index contributed by atoms with van der Waals surface area (Å²) in [4.78, 5) is 16.4. The zero-order valence-corrected chi connectivity index (χ0v) is 15.4. The SMILES string of the molecule is NS(=O)(=O)c1ccc(CCNC(=O)/C=C/c2nc3ccccc3s2)cc1. The van der Waals surface area contributed by atoms with Crippen molar-refractivity contribution in [3.8, 4) is 0 Å². The number of carbonyl (C=O) groups excluding carboxylic acids is 1. The number of rotatable bonds is 6. The molecule has 3 rings (SSSR count). The van der Waals surface area contributed by atoms with E-state index in [1.54, 1.807) is 18.2 Å². The Kier molecular flexibility index (Phi) is 5.46. The highest BCUT2D eigenvalue weighted by molar-refractivity contribution is 7.89. The second-order valence-corrected chi connectivity index (χ2v) is 8.21. The van der Waals surface area contributed by atoms with E-state index in [-0.39, 0.29) is 10.8 Å². The van der Waals surface area contributed by atoms with Gasteiger partial charge in [0.25, 0.3) is 0 Å². The number of hydrogen-bond donors (Lipinski definition) is 2. The van der Waals surface area contributed by atoms with Gasteiger partial charge in [-0.15, -0.1) is 11.3 Å². The molecule has 0 saturated carbocycles. The smallest absolute Gasteiger partial charge is 0.244 e. The topological polar surface area (TPSA) is 102 Å². The Bertz CT molecular complexity index is 1020. The maximum atomic E-state index is 11.9. The standard InChI is InChI=1S/C18H17N3O3S2/c19-26(23,24)14-7-5-13(6-8-14)11-12-20-17(22)9-10-18-21-15-3-1-2-4-16(15)25-18/h1-10H,11-12H2,(H,20,22)(H2,19,23,24)/b10-9+. The average Bonchev–Trinajstić information content (AvgIpc) is 3.03. The van der Waals surface area contributed by atoms with Crippen LogP contribution in [-0.4, -0.2) is 25.9 Å². The molecule has 3 aromatic rings. The molecule has 0 aliphatic rings. The van der Waals surface area contributed by atoms with Gasteiger partial charge in [0.15, 0.2) is 0 Å². The average molecular weight is 387 g/mol. The van der Waals surface area contributed by atoms with Crippen LogP contribution in [0.1, 0.15) is 10.6 Å². The van der Waals surface area contributed by atoms with E-state index in [9.17, 15) is 13.2 Å². The monoisotopic (exact) mass is 387 g/mol. The van der Waals surface area contributed by atoms with Gasteiger partial charge in [0.2, 0.25) is 15.9 Å². The molecule has 0 aliphatic heterocycles. The highest BCUT2D eigenvalue weighted by Gasteiger charge is 2.06. The number of para-hydroxylation sites is 1. The first-order valence-electron chi connectivity index (χ1n) is 7.85. The van der Waals surface area contributed by atoms with Crippen LogP contribution in [0.2, 0.25) is 0 Å². The molecule has 8 heteroatoms. The minimum Gasteiger partial charge on any atom is -0.352 e. The summed E-state index contributed by atoms with van der Waals surface area (Å²) in [7, 11) is -3.68. The van der Waals surface area contributed by atoms with Crippen LogP contribution in [0.3, 0.4) is 0 Å². The molecule has 0 aliphatic carbocycles. The van der Waals surface area contributed by atoms with Crippen LogP contribution < -0.4 is 10.5 Å². The molecule has 134 valence electrons. The molecule has 1 aromatic heterocycles. The Labute approximate surface area is 155 Å². The Balaban J connectivity index is 1.51. The fourth-order valence-electron chi connectivity index (χ4n) is 2.34. The van der Waals surface area contributed by atoms with Gasteiger partial charge in [0.05, 0.1) is 15.1 Å². The zero-order valence-electron chi connectivity index (χ0n) is 13.8. The van der Waals surface area contributed by atoms with Crippen molar-refractivity contribution in [2.45, 2.75) is 11.3 Å². The van der Waals surface area contributed by atoms with E-state index in [0.717, 1.165) is 20.8 Å². The van der Waals surface area contributed by atoms with Gasteiger partial charge < -0.3 is 5.32 Å². The predicted octanol–water partition coefficient (Wildman–Crippen LogP) is 2.32. The lowest BCUT2D eigenvalue weighted by atomic mass is 10.1. The van der Waals surface area contributed by atoms with Crippen molar-refractivity contribution in [2.75, 3.05) is 6.54 Å². The number of hydrogen-bond acceptors (Lipinski definition) is 5. The second kappa shape index (κ2) is 7.77. The third-order valence-corrected chi connectivity index (χ3v) is 5.58. The number of nitrogens with one attached hydrogen (secondary N) is 1. The van der Waals surface area contributed by atoms with Crippen molar-refractivity contribution >= 4 is 43.6 Å². The number of sulfonamides is 1. The number of amides is 1. The summed E-state index contributed by atoms with van der Waals surface area (Å²) in [5.41, 5.74) is 1.83. The molecule has 26 heavy (non-hydrogen) atoms. The van der Waals surface area contributed by atoms with Crippen LogP contribution in [0, 0.1) is 0 Å². The number of carbonyl (C=O) groups is 1. The molecular weight excluding hydrogens is 370 g/mol. The molecule has 6 nitrogen and oxygen atoms in total. The first-order valence-corrected chi connectivity index (χ1v) is 10.2. The van der Waals surface area contributed by atoms with Crippen LogP contribution in [0.5, 0.6) is 0 Å². The van der Waals surface area contributed by atoms with Gasteiger partial charge in [0.1, 0.15) is 5.01 Å². The molecule has 0 unspecified atom stereocenters. The van der Waals surface area contributed by atoms with Crippen LogP contribution in [0.25, 0.3) is 16.3 Å². The first-order chi connectivity index (χ1) is 12.4. The van der Waals surface area contributed by atoms with E-state index in [4.69, 9.17) is 5.14 Å². The minimum atomic E-state index is -3.68. The summed E-state index contributed by atoms with van der Waals surface area (Å²) in [6.45, 7) is 0.442. The normalized spacial score (nSPS) is 11.9. The van der Waals surface area contributed by atoms with E-state index in [0.29, 0.717) is 13.0 Å². The van der Waals surface area contributed by atoms with Gasteiger partial charge >= 0.3 is 0 Å². The maximum absolute atomic E-state index is 11.9. The highest BCUT2D eigenvalue weighted by atomic mass is 32.2. The van der Waals surface area contributed by atoms with Gasteiger partial charge in [-0.3, -0.25) is 4.79 Å². The van der Waals surface area contributed by atoms with E-state index in [2.05, 4.69) is 10.3 Å². The molecule has 1 heterocycles. The van der Waals surface area contributed by atoms with Crippen molar-refractivity contribution in [1.82, 2.24) is 10.3 Å². The number of aromatic nitrogens is 1. The van der Waals surface area contributed by atoms with E-state index in [1.807, 2.05) is 24.3 Å². The molecule has 0 fully saturated rings. The lowest BCUT2D eigenvalue weighted by Crippen LogP contribution is -2.23. The molecule has 0 spiro atoms. The Hall–Kier alpha value is -2.55. The largest absolute Gasteiger partial charge is 0.352 e. The number of benzene rings is 2. The van der Waals surface area contributed by atoms with Crippen LogP contribution in [0.4, 0.5) is 0 Å². The van der Waals surface area contributed by atoms with Gasteiger partial charge in [-0.2, -0.15) is 0 Å². The lowest BCUT2D eigenvalue weighted by molar-refractivity contribution is -0.116. The molecule has 3 N–H and O–H groups in total. The summed E-state index contributed by atoms with van der Waals surface area (Å²) in [6.07, 6.45) is 3.74. The number of nitrogens with two attached hydrogens (primary N) is 1. The van der Waals surface area contributed by atoms with Crippen LogP contribution in [0.15, 0.2) is 59.5 Å². The molecular formula is C18H17N3O3S2.